The maximum atomic E-state index is 12.7. The van der Waals surface area contributed by atoms with Crippen LogP contribution >= 0.6 is 11.8 Å². The fourth-order valence-electron chi connectivity index (χ4n) is 3.38. The first kappa shape index (κ1) is 23.0. The van der Waals surface area contributed by atoms with E-state index in [1.54, 1.807) is 49.4 Å². The van der Waals surface area contributed by atoms with Gasteiger partial charge >= 0.3 is 0 Å². The molecule has 9 nitrogen and oxygen atoms in total. The Morgan fingerprint density at radius 3 is 2.68 bits per heavy atom. The van der Waals surface area contributed by atoms with Crippen molar-refractivity contribution in [3.63, 3.8) is 0 Å². The zero-order valence-corrected chi connectivity index (χ0v) is 19.0. The van der Waals surface area contributed by atoms with Gasteiger partial charge in [0.05, 0.1) is 9.83 Å². The third-order valence-electron chi connectivity index (χ3n) is 5.07. The first-order chi connectivity index (χ1) is 16.2. The molecule has 34 heavy (non-hydrogen) atoms. The third kappa shape index (κ3) is 4.91. The first-order valence-corrected chi connectivity index (χ1v) is 11.0. The van der Waals surface area contributed by atoms with E-state index in [9.17, 15) is 24.5 Å². The van der Waals surface area contributed by atoms with E-state index in [0.717, 1.165) is 10.5 Å². The molecule has 3 aromatic rings. The van der Waals surface area contributed by atoms with Crippen molar-refractivity contribution in [2.24, 2.45) is 0 Å². The predicted molar refractivity (Wildman–Crippen MR) is 128 cm³/mol. The van der Waals surface area contributed by atoms with Crippen molar-refractivity contribution < 1.29 is 23.7 Å². The van der Waals surface area contributed by atoms with Gasteiger partial charge < -0.3 is 9.73 Å². The molecular formula is C24H19N3O6S. The lowest BCUT2D eigenvalue weighted by Gasteiger charge is -2.12. The molecule has 1 saturated heterocycles. The summed E-state index contributed by atoms with van der Waals surface area (Å²) in [5.41, 5.74) is 2.55. The summed E-state index contributed by atoms with van der Waals surface area (Å²) in [5, 5.41) is 13.3. The van der Waals surface area contributed by atoms with Gasteiger partial charge in [-0.2, -0.15) is 0 Å². The number of hydrogen-bond donors (Lipinski definition) is 1. The first-order valence-electron chi connectivity index (χ1n) is 10.2. The van der Waals surface area contributed by atoms with Gasteiger partial charge in [-0.15, -0.1) is 0 Å². The van der Waals surface area contributed by atoms with E-state index < -0.39 is 28.5 Å². The second kappa shape index (κ2) is 9.36. The molecule has 0 unspecified atom stereocenters. The molecule has 172 valence electrons. The molecule has 3 amide bonds. The normalized spacial score (nSPS) is 14.6. The van der Waals surface area contributed by atoms with E-state index >= 15 is 0 Å². The third-order valence-corrected chi connectivity index (χ3v) is 5.98. The molecule has 0 radical (unpaired) electrons. The zero-order chi connectivity index (χ0) is 24.4. The van der Waals surface area contributed by atoms with Crippen molar-refractivity contribution in [2.75, 3.05) is 11.9 Å². The summed E-state index contributed by atoms with van der Waals surface area (Å²) in [7, 11) is 0. The summed E-state index contributed by atoms with van der Waals surface area (Å²) in [6.07, 6.45) is 1.41. The highest BCUT2D eigenvalue weighted by molar-refractivity contribution is 8.18. The SMILES string of the molecule is Cc1cccc(NC(=O)CN2C(=O)S/C(=C/c3ccc(-c4ccc(C)c([N+](=O)[O-])c4)o3)C2=O)c1. The Hall–Kier alpha value is -4.18. The molecule has 1 aromatic heterocycles. The highest BCUT2D eigenvalue weighted by Gasteiger charge is 2.36. The van der Waals surface area contributed by atoms with Crippen molar-refractivity contribution in [3.8, 4) is 11.3 Å². The molecule has 0 bridgehead atoms. The van der Waals surface area contributed by atoms with Crippen LogP contribution in [-0.2, 0) is 9.59 Å². The quantitative estimate of drug-likeness (QED) is 0.296. The lowest BCUT2D eigenvalue weighted by atomic mass is 10.1. The Morgan fingerprint density at radius 1 is 1.15 bits per heavy atom. The maximum absolute atomic E-state index is 12.7. The number of carbonyl (C=O) groups is 3. The maximum Gasteiger partial charge on any atom is 0.294 e. The lowest BCUT2D eigenvalue weighted by molar-refractivity contribution is -0.385. The van der Waals surface area contributed by atoms with Crippen LogP contribution in [0.25, 0.3) is 17.4 Å². The topological polar surface area (TPSA) is 123 Å². The van der Waals surface area contributed by atoms with E-state index in [-0.39, 0.29) is 10.6 Å². The highest BCUT2D eigenvalue weighted by Crippen LogP contribution is 2.34. The van der Waals surface area contributed by atoms with Crippen molar-refractivity contribution in [3.05, 3.63) is 86.5 Å². The predicted octanol–water partition coefficient (Wildman–Crippen LogP) is 5.15. The average Bonchev–Trinajstić information content (AvgIpc) is 3.34. The number of nitrogens with one attached hydrogen (secondary N) is 1. The number of thioether (sulfide) groups is 1. The van der Waals surface area contributed by atoms with Crippen molar-refractivity contribution >= 4 is 46.3 Å². The molecule has 1 N–H and O–H groups in total. The molecule has 0 saturated carbocycles. The van der Waals surface area contributed by atoms with Crippen LogP contribution in [0, 0.1) is 24.0 Å². The minimum Gasteiger partial charge on any atom is -0.457 e. The van der Waals surface area contributed by atoms with Gasteiger partial charge in [0.25, 0.3) is 16.8 Å². The van der Waals surface area contributed by atoms with Crippen molar-refractivity contribution in [1.29, 1.82) is 0 Å². The van der Waals surface area contributed by atoms with Crippen LogP contribution in [0.5, 0.6) is 0 Å². The minimum atomic E-state index is -0.599. The summed E-state index contributed by atoms with van der Waals surface area (Å²) < 4.78 is 5.72. The number of carbonyl (C=O) groups excluding carboxylic acids is 3. The van der Waals surface area contributed by atoms with Gasteiger partial charge in [-0.25, -0.2) is 0 Å². The van der Waals surface area contributed by atoms with Crippen LogP contribution in [0.2, 0.25) is 0 Å². The van der Waals surface area contributed by atoms with E-state index in [1.165, 1.54) is 12.1 Å². The van der Waals surface area contributed by atoms with Gasteiger partial charge in [-0.1, -0.05) is 24.3 Å². The largest absolute Gasteiger partial charge is 0.457 e. The summed E-state index contributed by atoms with van der Waals surface area (Å²) in [5.74, 6) is -0.409. The van der Waals surface area contributed by atoms with Crippen LogP contribution in [0.3, 0.4) is 0 Å². The molecule has 2 heterocycles. The molecule has 1 aliphatic rings. The van der Waals surface area contributed by atoms with Crippen molar-refractivity contribution in [2.45, 2.75) is 13.8 Å². The van der Waals surface area contributed by atoms with Crippen LogP contribution in [0.4, 0.5) is 16.2 Å². The summed E-state index contributed by atoms with van der Waals surface area (Å²) in [6.45, 7) is 3.12. The van der Waals surface area contributed by atoms with E-state index in [4.69, 9.17) is 4.42 Å². The Balaban J connectivity index is 1.47. The van der Waals surface area contributed by atoms with Gasteiger partial charge in [-0.05, 0) is 55.4 Å². The van der Waals surface area contributed by atoms with Gasteiger partial charge in [0.1, 0.15) is 18.1 Å². The molecule has 10 heteroatoms. The van der Waals surface area contributed by atoms with Gasteiger partial charge in [0.2, 0.25) is 5.91 Å². The second-order valence-electron chi connectivity index (χ2n) is 7.65. The number of hydrogen-bond acceptors (Lipinski definition) is 7. The van der Waals surface area contributed by atoms with Crippen LogP contribution in [0.15, 0.2) is 63.9 Å². The standard InChI is InChI=1S/C24H19N3O6S/c1-14-4-3-5-17(10-14)25-22(28)13-26-23(29)21(34-24(26)30)12-18-8-9-20(33-18)16-7-6-15(2)19(11-16)27(31)32/h3-12H,13H2,1-2H3,(H,25,28)/b21-12+. The van der Waals surface area contributed by atoms with Gasteiger partial charge in [-0.3, -0.25) is 29.4 Å². The van der Waals surface area contributed by atoms with Crippen molar-refractivity contribution in [1.82, 2.24) is 4.90 Å². The molecular weight excluding hydrogens is 458 g/mol. The Morgan fingerprint density at radius 2 is 1.94 bits per heavy atom. The van der Waals surface area contributed by atoms with Crippen LogP contribution < -0.4 is 5.32 Å². The molecule has 1 fully saturated rings. The second-order valence-corrected chi connectivity index (χ2v) is 8.64. The van der Waals surface area contributed by atoms with Crippen LogP contribution in [0.1, 0.15) is 16.9 Å². The Kier molecular flexibility index (Phi) is 6.33. The van der Waals surface area contributed by atoms with Gasteiger partial charge in [0.15, 0.2) is 0 Å². The van der Waals surface area contributed by atoms with E-state index in [1.807, 2.05) is 13.0 Å². The molecule has 0 aliphatic carbocycles. The van der Waals surface area contributed by atoms with Crippen LogP contribution in [-0.4, -0.2) is 33.4 Å². The molecule has 1 aliphatic heterocycles. The number of rotatable bonds is 6. The zero-order valence-electron chi connectivity index (χ0n) is 18.2. The number of imide groups is 1. The number of nitrogens with zero attached hydrogens (tertiary/aromatic N) is 2. The van der Waals surface area contributed by atoms with E-state index in [2.05, 4.69) is 5.32 Å². The number of benzene rings is 2. The number of amides is 3. The lowest BCUT2D eigenvalue weighted by Crippen LogP contribution is -2.36. The smallest absolute Gasteiger partial charge is 0.294 e. The molecule has 2 aromatic carbocycles. The fraction of sp³-hybridized carbons (Fsp3) is 0.125. The monoisotopic (exact) mass is 477 g/mol. The molecule has 0 atom stereocenters. The summed E-state index contributed by atoms with van der Waals surface area (Å²) in [6, 6.07) is 15.1. The molecule has 0 spiro atoms. The number of aryl methyl sites for hydroxylation is 2. The number of anilines is 1. The van der Waals surface area contributed by atoms with E-state index in [0.29, 0.717) is 40.1 Å². The number of nitro groups is 1. The fourth-order valence-corrected chi connectivity index (χ4v) is 4.20. The Labute approximate surface area is 198 Å². The number of nitro benzene ring substituents is 1. The minimum absolute atomic E-state index is 0.0273. The molecule has 4 rings (SSSR count). The van der Waals surface area contributed by atoms with Gasteiger partial charge in [0, 0.05) is 29.0 Å². The number of furan rings is 1. The summed E-state index contributed by atoms with van der Waals surface area (Å²) >= 11 is 0.710. The highest BCUT2D eigenvalue weighted by atomic mass is 32.2. The average molecular weight is 477 g/mol. The summed E-state index contributed by atoms with van der Waals surface area (Å²) in [4.78, 5) is 49.1. The Bertz CT molecular complexity index is 1360.